The maximum absolute atomic E-state index is 13.3. The van der Waals surface area contributed by atoms with Crippen molar-refractivity contribution in [2.45, 2.75) is 0 Å². The summed E-state index contributed by atoms with van der Waals surface area (Å²) in [5.74, 6) is -2.62. The normalized spacial score (nSPS) is 10.3. The van der Waals surface area contributed by atoms with Crippen LogP contribution < -0.4 is 15.2 Å². The molecule has 0 aliphatic heterocycles. The zero-order chi connectivity index (χ0) is 14.0. The van der Waals surface area contributed by atoms with Crippen molar-refractivity contribution in [1.29, 1.82) is 0 Å². The molecule has 19 heavy (non-hydrogen) atoms. The van der Waals surface area contributed by atoms with Gasteiger partial charge in [0.1, 0.15) is 5.75 Å². The Morgan fingerprint density at radius 2 is 1.63 bits per heavy atom. The van der Waals surface area contributed by atoms with E-state index in [0.717, 1.165) is 18.2 Å². The molecular weight excluding hydrogens is 259 g/mol. The first-order valence-corrected chi connectivity index (χ1v) is 5.27. The van der Waals surface area contributed by atoms with Crippen molar-refractivity contribution in [3.05, 3.63) is 47.8 Å². The third kappa shape index (κ3) is 2.73. The number of nitrogen functional groups attached to an aromatic ring is 1. The second-order valence-electron chi connectivity index (χ2n) is 3.70. The summed E-state index contributed by atoms with van der Waals surface area (Å²) in [5, 5.41) is 0. The van der Waals surface area contributed by atoms with Crippen molar-refractivity contribution in [1.82, 2.24) is 0 Å². The number of benzene rings is 2. The topological polar surface area (TPSA) is 44.5 Å². The highest BCUT2D eigenvalue weighted by atomic mass is 19.2. The Kier molecular flexibility index (Phi) is 3.50. The molecule has 100 valence electrons. The van der Waals surface area contributed by atoms with Crippen molar-refractivity contribution in [3.8, 4) is 17.2 Å². The highest BCUT2D eigenvalue weighted by Gasteiger charge is 2.11. The van der Waals surface area contributed by atoms with Crippen LogP contribution in [0.25, 0.3) is 0 Å². The van der Waals surface area contributed by atoms with Crippen molar-refractivity contribution in [3.63, 3.8) is 0 Å². The van der Waals surface area contributed by atoms with Crippen LogP contribution >= 0.6 is 0 Å². The molecule has 2 N–H and O–H groups in total. The van der Waals surface area contributed by atoms with Crippen LogP contribution in [0.1, 0.15) is 0 Å². The van der Waals surface area contributed by atoms with E-state index in [-0.39, 0.29) is 22.9 Å². The van der Waals surface area contributed by atoms with E-state index in [1.807, 2.05) is 0 Å². The maximum Gasteiger partial charge on any atom is 0.167 e. The van der Waals surface area contributed by atoms with E-state index in [9.17, 15) is 13.2 Å². The molecule has 0 aromatic heterocycles. The molecule has 0 aliphatic carbocycles. The highest BCUT2D eigenvalue weighted by molar-refractivity contribution is 5.57. The first-order chi connectivity index (χ1) is 9.01. The molecule has 0 heterocycles. The van der Waals surface area contributed by atoms with Crippen LogP contribution in [0, 0.1) is 17.5 Å². The minimum absolute atomic E-state index is 0.0167. The SMILES string of the molecule is COc1cc(Oc2ccc(F)c(F)c2)c(N)cc1F. The van der Waals surface area contributed by atoms with Crippen molar-refractivity contribution >= 4 is 5.69 Å². The van der Waals surface area contributed by atoms with Gasteiger partial charge in [-0.1, -0.05) is 0 Å². The summed E-state index contributed by atoms with van der Waals surface area (Å²) in [4.78, 5) is 0. The Labute approximate surface area is 107 Å². The zero-order valence-corrected chi connectivity index (χ0v) is 9.91. The van der Waals surface area contributed by atoms with Crippen LogP contribution in [-0.4, -0.2) is 7.11 Å². The number of halogens is 3. The molecule has 0 amide bonds. The number of ether oxygens (including phenoxy) is 2. The standard InChI is InChI=1S/C13H10F3NO2/c1-18-12-6-13(11(17)5-10(12)16)19-7-2-3-8(14)9(15)4-7/h2-6H,17H2,1H3. The summed E-state index contributed by atoms with van der Waals surface area (Å²) in [5.41, 5.74) is 5.59. The molecule has 3 nitrogen and oxygen atoms in total. The first kappa shape index (κ1) is 13.1. The largest absolute Gasteiger partial charge is 0.494 e. The Morgan fingerprint density at radius 3 is 2.26 bits per heavy atom. The highest BCUT2D eigenvalue weighted by Crippen LogP contribution is 2.33. The molecule has 0 spiro atoms. The molecule has 2 aromatic carbocycles. The van der Waals surface area contributed by atoms with E-state index in [1.165, 1.54) is 19.2 Å². The van der Waals surface area contributed by atoms with Gasteiger partial charge in [0, 0.05) is 18.2 Å². The van der Waals surface area contributed by atoms with Gasteiger partial charge in [0.2, 0.25) is 0 Å². The van der Waals surface area contributed by atoms with Gasteiger partial charge in [0.05, 0.1) is 12.8 Å². The van der Waals surface area contributed by atoms with E-state index in [1.54, 1.807) is 0 Å². The van der Waals surface area contributed by atoms with E-state index in [2.05, 4.69) is 0 Å². The number of rotatable bonds is 3. The Balaban J connectivity index is 2.34. The fourth-order valence-electron chi connectivity index (χ4n) is 1.46. The average molecular weight is 269 g/mol. The molecule has 0 fully saturated rings. The van der Waals surface area contributed by atoms with Gasteiger partial charge in [0.25, 0.3) is 0 Å². The van der Waals surface area contributed by atoms with Crippen LogP contribution in [0.3, 0.4) is 0 Å². The van der Waals surface area contributed by atoms with Gasteiger partial charge in [-0.2, -0.15) is 0 Å². The predicted molar refractivity (Wildman–Crippen MR) is 63.8 cm³/mol. The molecule has 2 aromatic rings. The van der Waals surface area contributed by atoms with Crippen LogP contribution in [0.5, 0.6) is 17.2 Å². The third-order valence-corrected chi connectivity index (χ3v) is 2.40. The Bertz CT molecular complexity index is 617. The number of hydrogen-bond donors (Lipinski definition) is 1. The molecule has 0 saturated heterocycles. The van der Waals surface area contributed by atoms with Gasteiger partial charge in [-0.3, -0.25) is 0 Å². The molecule has 0 radical (unpaired) electrons. The van der Waals surface area contributed by atoms with Gasteiger partial charge < -0.3 is 15.2 Å². The summed E-state index contributed by atoms with van der Waals surface area (Å²) >= 11 is 0. The van der Waals surface area contributed by atoms with Crippen LogP contribution in [0.15, 0.2) is 30.3 Å². The summed E-state index contributed by atoms with van der Waals surface area (Å²) in [6, 6.07) is 5.26. The van der Waals surface area contributed by atoms with E-state index in [4.69, 9.17) is 15.2 Å². The van der Waals surface area contributed by atoms with E-state index in [0.29, 0.717) is 0 Å². The van der Waals surface area contributed by atoms with Crippen molar-refractivity contribution in [2.24, 2.45) is 0 Å². The summed E-state index contributed by atoms with van der Waals surface area (Å²) < 4.78 is 49.1. The first-order valence-electron chi connectivity index (χ1n) is 5.27. The van der Waals surface area contributed by atoms with Gasteiger partial charge in [-0.05, 0) is 12.1 Å². The lowest BCUT2D eigenvalue weighted by molar-refractivity contribution is 0.381. The fraction of sp³-hybridized carbons (Fsp3) is 0.0769. The molecule has 0 unspecified atom stereocenters. The second-order valence-corrected chi connectivity index (χ2v) is 3.70. The Hall–Kier alpha value is -2.37. The fourth-order valence-corrected chi connectivity index (χ4v) is 1.46. The predicted octanol–water partition coefficient (Wildman–Crippen LogP) is 3.49. The third-order valence-electron chi connectivity index (χ3n) is 2.40. The van der Waals surface area contributed by atoms with E-state index >= 15 is 0 Å². The minimum atomic E-state index is -1.05. The number of hydrogen-bond acceptors (Lipinski definition) is 3. The summed E-state index contributed by atoms with van der Waals surface area (Å²) in [6.45, 7) is 0. The Morgan fingerprint density at radius 1 is 0.895 bits per heavy atom. The monoisotopic (exact) mass is 269 g/mol. The molecule has 0 aliphatic rings. The quantitative estimate of drug-likeness (QED) is 0.867. The molecule has 0 saturated carbocycles. The maximum atomic E-state index is 13.3. The van der Waals surface area contributed by atoms with Gasteiger partial charge in [0.15, 0.2) is 29.0 Å². The lowest BCUT2D eigenvalue weighted by atomic mass is 10.2. The minimum Gasteiger partial charge on any atom is -0.494 e. The lowest BCUT2D eigenvalue weighted by Gasteiger charge is -2.11. The number of anilines is 1. The number of nitrogens with two attached hydrogens (primary N) is 1. The molecule has 0 atom stereocenters. The number of methoxy groups -OCH3 is 1. The molecular formula is C13H10F3NO2. The smallest absolute Gasteiger partial charge is 0.167 e. The van der Waals surface area contributed by atoms with Crippen LogP contribution in [-0.2, 0) is 0 Å². The average Bonchev–Trinajstić information content (AvgIpc) is 2.37. The zero-order valence-electron chi connectivity index (χ0n) is 9.91. The van der Waals surface area contributed by atoms with E-state index < -0.39 is 17.5 Å². The van der Waals surface area contributed by atoms with Gasteiger partial charge in [-0.15, -0.1) is 0 Å². The van der Waals surface area contributed by atoms with Crippen LogP contribution in [0.2, 0.25) is 0 Å². The summed E-state index contributed by atoms with van der Waals surface area (Å²) in [7, 11) is 1.29. The summed E-state index contributed by atoms with van der Waals surface area (Å²) in [6.07, 6.45) is 0. The molecule has 0 bridgehead atoms. The lowest BCUT2D eigenvalue weighted by Crippen LogP contribution is -1.97. The van der Waals surface area contributed by atoms with Crippen molar-refractivity contribution in [2.75, 3.05) is 12.8 Å². The van der Waals surface area contributed by atoms with Crippen molar-refractivity contribution < 1.29 is 22.6 Å². The van der Waals surface area contributed by atoms with Gasteiger partial charge >= 0.3 is 0 Å². The second kappa shape index (κ2) is 5.09. The molecule has 6 heteroatoms. The van der Waals surface area contributed by atoms with Gasteiger partial charge in [-0.25, -0.2) is 13.2 Å². The molecule has 2 rings (SSSR count). The van der Waals surface area contributed by atoms with Crippen LogP contribution in [0.4, 0.5) is 18.9 Å².